The van der Waals surface area contributed by atoms with Gasteiger partial charge in [-0.05, 0) is 44.4 Å². The van der Waals surface area contributed by atoms with Crippen molar-refractivity contribution in [1.82, 2.24) is 9.13 Å². The van der Waals surface area contributed by atoms with Crippen molar-refractivity contribution in [3.05, 3.63) is 77.6 Å². The summed E-state index contributed by atoms with van der Waals surface area (Å²) < 4.78 is 4.98. The quantitative estimate of drug-likeness (QED) is 0.286. The van der Waals surface area contributed by atoms with Gasteiger partial charge in [0, 0.05) is 57.4 Å². The Morgan fingerprint density at radius 2 is 1.10 bits per heavy atom. The number of aryl methyl sites for hydroxylation is 2. The molecule has 0 radical (unpaired) electrons. The van der Waals surface area contributed by atoms with Crippen LogP contribution in [-0.2, 0) is 13.1 Å². The van der Waals surface area contributed by atoms with Crippen molar-refractivity contribution in [2.24, 2.45) is 0 Å². The van der Waals surface area contributed by atoms with Crippen molar-refractivity contribution < 1.29 is 0 Å². The van der Waals surface area contributed by atoms with Crippen LogP contribution in [0.25, 0.3) is 27.4 Å². The molecule has 0 aliphatic rings. The zero-order valence-corrected chi connectivity index (χ0v) is 19.0. The van der Waals surface area contributed by atoms with E-state index in [2.05, 4.69) is 91.9 Å². The van der Waals surface area contributed by atoms with Crippen LogP contribution in [0.3, 0.4) is 0 Å². The van der Waals surface area contributed by atoms with Crippen molar-refractivity contribution in [3.8, 4) is 0 Å². The molecule has 2 nitrogen and oxygen atoms in total. The van der Waals surface area contributed by atoms with Crippen LogP contribution in [0.15, 0.2) is 55.1 Å². The molecule has 0 spiro atoms. The Morgan fingerprint density at radius 1 is 0.700 bits per heavy atom. The highest BCUT2D eigenvalue weighted by atomic mass is 15.0. The summed E-state index contributed by atoms with van der Waals surface area (Å²) in [4.78, 5) is 0. The number of hydrogen-bond acceptors (Lipinski definition) is 0. The van der Waals surface area contributed by atoms with Crippen molar-refractivity contribution in [3.63, 3.8) is 0 Å². The second kappa shape index (κ2) is 8.55. The standard InChI is InChI=1S/C28H34N2/c1-6-8-18-29-21(4)27(23-14-10-12-16-25(23)29)20(3)28-22(5)30(19-9-7-2)26-17-13-11-15-24(26)28/h10-17H,3,6-9,18-19H2,1-2,4-5H3. The summed E-state index contributed by atoms with van der Waals surface area (Å²) in [5, 5.41) is 2.64. The minimum atomic E-state index is 1.06. The first-order valence-electron chi connectivity index (χ1n) is 11.4. The zero-order valence-electron chi connectivity index (χ0n) is 19.0. The Kier molecular flexibility index (Phi) is 5.85. The highest BCUT2D eigenvalue weighted by molar-refractivity contribution is 6.05. The monoisotopic (exact) mass is 398 g/mol. The van der Waals surface area contributed by atoms with Crippen LogP contribution < -0.4 is 0 Å². The second-order valence-corrected chi connectivity index (χ2v) is 8.44. The lowest BCUT2D eigenvalue weighted by Crippen LogP contribution is -2.02. The van der Waals surface area contributed by atoms with E-state index in [1.165, 1.54) is 70.0 Å². The van der Waals surface area contributed by atoms with Gasteiger partial charge in [0.2, 0.25) is 0 Å². The van der Waals surface area contributed by atoms with Crippen LogP contribution >= 0.6 is 0 Å². The number of rotatable bonds is 8. The predicted molar refractivity (Wildman–Crippen MR) is 131 cm³/mol. The maximum atomic E-state index is 4.68. The third-order valence-corrected chi connectivity index (χ3v) is 6.54. The van der Waals surface area contributed by atoms with Crippen LogP contribution in [-0.4, -0.2) is 9.13 Å². The lowest BCUT2D eigenvalue weighted by atomic mass is 9.95. The number of benzene rings is 2. The lowest BCUT2D eigenvalue weighted by Gasteiger charge is -2.11. The van der Waals surface area contributed by atoms with E-state index in [4.69, 9.17) is 0 Å². The topological polar surface area (TPSA) is 9.86 Å². The average molecular weight is 399 g/mol. The molecule has 0 saturated carbocycles. The fraction of sp³-hybridized carbons (Fsp3) is 0.357. The summed E-state index contributed by atoms with van der Waals surface area (Å²) >= 11 is 0. The minimum Gasteiger partial charge on any atom is -0.344 e. The molecule has 0 amide bonds. The number of fused-ring (bicyclic) bond motifs is 2. The number of aromatic nitrogens is 2. The smallest absolute Gasteiger partial charge is 0.0488 e. The fourth-order valence-corrected chi connectivity index (χ4v) is 4.96. The number of hydrogen-bond donors (Lipinski definition) is 0. The Labute approximate surface area is 180 Å². The summed E-state index contributed by atoms with van der Waals surface area (Å²) in [5.74, 6) is 0. The third kappa shape index (κ3) is 3.29. The van der Waals surface area contributed by atoms with Gasteiger partial charge < -0.3 is 9.13 Å². The van der Waals surface area contributed by atoms with E-state index in [9.17, 15) is 0 Å². The third-order valence-electron chi connectivity index (χ3n) is 6.54. The Hall–Kier alpha value is -2.74. The highest BCUT2D eigenvalue weighted by Crippen LogP contribution is 2.39. The van der Waals surface area contributed by atoms with Gasteiger partial charge in [-0.2, -0.15) is 0 Å². The van der Waals surface area contributed by atoms with Crippen LogP contribution in [0.1, 0.15) is 62.0 Å². The maximum Gasteiger partial charge on any atom is 0.0488 e. The largest absolute Gasteiger partial charge is 0.344 e. The van der Waals surface area contributed by atoms with Crippen LogP contribution in [0.4, 0.5) is 0 Å². The molecule has 2 aromatic carbocycles. The Bertz CT molecular complexity index is 1110. The molecule has 0 fully saturated rings. The molecule has 4 rings (SSSR count). The maximum absolute atomic E-state index is 4.68. The molecule has 0 aliphatic carbocycles. The SMILES string of the molecule is C=C(c1c(C)n(CCCC)c2ccccc12)c1c(C)n(CCCC)c2ccccc12. The van der Waals surface area contributed by atoms with Crippen LogP contribution in [0.2, 0.25) is 0 Å². The zero-order chi connectivity index (χ0) is 21.3. The van der Waals surface area contributed by atoms with Gasteiger partial charge >= 0.3 is 0 Å². The van der Waals surface area contributed by atoms with Gasteiger partial charge in [0.05, 0.1) is 0 Å². The molecule has 156 valence electrons. The van der Waals surface area contributed by atoms with E-state index in [1.807, 2.05) is 0 Å². The summed E-state index contributed by atoms with van der Waals surface area (Å²) in [6.45, 7) is 15.9. The number of para-hydroxylation sites is 2. The Balaban J connectivity index is 1.93. The summed E-state index contributed by atoms with van der Waals surface area (Å²) in [5.41, 5.74) is 9.09. The first-order chi connectivity index (χ1) is 14.6. The van der Waals surface area contributed by atoms with E-state index >= 15 is 0 Å². The normalized spacial score (nSPS) is 11.6. The Morgan fingerprint density at radius 3 is 1.50 bits per heavy atom. The van der Waals surface area contributed by atoms with Crippen molar-refractivity contribution in [2.75, 3.05) is 0 Å². The van der Waals surface area contributed by atoms with E-state index in [0.717, 1.165) is 18.7 Å². The molecule has 4 aromatic rings. The average Bonchev–Trinajstić information content (AvgIpc) is 3.20. The first-order valence-corrected chi connectivity index (χ1v) is 11.4. The predicted octanol–water partition coefficient (Wildman–Crippen LogP) is 7.87. The van der Waals surface area contributed by atoms with Gasteiger partial charge in [-0.15, -0.1) is 0 Å². The van der Waals surface area contributed by atoms with Gasteiger partial charge in [-0.3, -0.25) is 0 Å². The van der Waals surface area contributed by atoms with Crippen molar-refractivity contribution in [1.29, 1.82) is 0 Å². The second-order valence-electron chi connectivity index (χ2n) is 8.44. The molecule has 2 heteroatoms. The molecular weight excluding hydrogens is 364 g/mol. The molecule has 0 saturated heterocycles. The number of unbranched alkanes of at least 4 members (excludes halogenated alkanes) is 2. The first kappa shape index (κ1) is 20.5. The molecule has 0 aliphatic heterocycles. The van der Waals surface area contributed by atoms with E-state index < -0.39 is 0 Å². The molecular formula is C28H34N2. The van der Waals surface area contributed by atoms with E-state index in [0.29, 0.717) is 0 Å². The van der Waals surface area contributed by atoms with Gasteiger partial charge in [-0.25, -0.2) is 0 Å². The highest BCUT2D eigenvalue weighted by Gasteiger charge is 2.22. The van der Waals surface area contributed by atoms with Gasteiger partial charge in [0.25, 0.3) is 0 Å². The molecule has 0 unspecified atom stereocenters. The van der Waals surface area contributed by atoms with Crippen molar-refractivity contribution >= 4 is 27.4 Å². The van der Waals surface area contributed by atoms with E-state index in [1.54, 1.807) is 0 Å². The lowest BCUT2D eigenvalue weighted by molar-refractivity contribution is 0.636. The molecule has 0 atom stereocenters. The summed E-state index contributed by atoms with van der Waals surface area (Å²) in [6.07, 6.45) is 4.79. The minimum absolute atomic E-state index is 1.06. The number of nitrogens with zero attached hydrogens (tertiary/aromatic N) is 2. The van der Waals surface area contributed by atoms with Crippen LogP contribution in [0.5, 0.6) is 0 Å². The summed E-state index contributed by atoms with van der Waals surface area (Å²) in [7, 11) is 0. The summed E-state index contributed by atoms with van der Waals surface area (Å²) in [6, 6.07) is 17.6. The van der Waals surface area contributed by atoms with E-state index in [-0.39, 0.29) is 0 Å². The van der Waals surface area contributed by atoms with Crippen molar-refractivity contribution in [2.45, 2.75) is 66.5 Å². The van der Waals surface area contributed by atoms with Gasteiger partial charge in [0.1, 0.15) is 0 Å². The molecule has 30 heavy (non-hydrogen) atoms. The molecule has 0 N–H and O–H groups in total. The fourth-order valence-electron chi connectivity index (χ4n) is 4.96. The van der Waals surface area contributed by atoms with Crippen LogP contribution in [0, 0.1) is 13.8 Å². The molecule has 2 aromatic heterocycles. The van der Waals surface area contributed by atoms with Gasteiger partial charge in [0.15, 0.2) is 0 Å². The molecule has 0 bridgehead atoms. The molecule has 2 heterocycles. The van der Waals surface area contributed by atoms with Gasteiger partial charge in [-0.1, -0.05) is 69.7 Å².